The zero-order chi connectivity index (χ0) is 16.1. The molecule has 0 aliphatic rings. The van der Waals surface area contributed by atoms with Crippen LogP contribution in [0.25, 0.3) is 0 Å². The number of halogens is 2. The summed E-state index contributed by atoms with van der Waals surface area (Å²) in [7, 11) is 1.53. The fourth-order valence-corrected chi connectivity index (χ4v) is 2.56. The van der Waals surface area contributed by atoms with Gasteiger partial charge in [-0.3, -0.25) is 10.2 Å². The minimum absolute atomic E-state index is 0.0702. The van der Waals surface area contributed by atoms with E-state index in [4.69, 9.17) is 5.41 Å². The van der Waals surface area contributed by atoms with Crippen LogP contribution < -0.4 is 10.6 Å². The number of hydrogen-bond acceptors (Lipinski definition) is 6. The van der Waals surface area contributed by atoms with E-state index >= 15 is 0 Å². The summed E-state index contributed by atoms with van der Waals surface area (Å²) >= 11 is 4.17. The van der Waals surface area contributed by atoms with Gasteiger partial charge >= 0.3 is 0 Å². The third kappa shape index (κ3) is 4.04. The number of amidine groups is 1. The summed E-state index contributed by atoms with van der Waals surface area (Å²) in [4.78, 5) is 11.2. The maximum Gasteiger partial charge on any atom is 0.230 e. The van der Waals surface area contributed by atoms with Crippen LogP contribution >= 0.6 is 27.7 Å². The van der Waals surface area contributed by atoms with E-state index < -0.39 is 5.82 Å². The number of carbonyl (C=O) groups is 1. The first kappa shape index (κ1) is 16.4. The quantitative estimate of drug-likeness (QED) is 0.412. The fraction of sp³-hybridized carbons (Fsp3) is 0.167. The van der Waals surface area contributed by atoms with Gasteiger partial charge in [0.25, 0.3) is 0 Å². The molecule has 0 saturated heterocycles. The average Bonchev–Trinajstić information content (AvgIpc) is 2.97. The number of amides is 1. The smallest absolute Gasteiger partial charge is 0.230 e. The first-order valence-electron chi connectivity index (χ1n) is 5.98. The van der Waals surface area contributed by atoms with Gasteiger partial charge in [0.2, 0.25) is 5.91 Å². The van der Waals surface area contributed by atoms with Crippen molar-refractivity contribution >= 4 is 45.1 Å². The second-order valence-electron chi connectivity index (χ2n) is 4.01. The molecule has 0 bridgehead atoms. The number of carbonyl (C=O) groups excluding carboxylic acids is 1. The molecule has 10 heteroatoms. The third-order valence-electron chi connectivity index (χ3n) is 2.50. The largest absolute Gasteiger partial charge is 0.358 e. The summed E-state index contributed by atoms with van der Waals surface area (Å²) < 4.78 is 18.1. The van der Waals surface area contributed by atoms with Gasteiger partial charge in [-0.25, -0.2) is 9.02 Å². The number of nitrogens with one attached hydrogen (secondary N) is 3. The van der Waals surface area contributed by atoms with Crippen LogP contribution in [0.3, 0.4) is 0 Å². The summed E-state index contributed by atoms with van der Waals surface area (Å²) in [6, 6.07) is 4.25. The Morgan fingerprint density at radius 3 is 2.95 bits per heavy atom. The Morgan fingerprint density at radius 2 is 2.27 bits per heavy atom. The molecule has 1 aromatic heterocycles. The highest BCUT2D eigenvalue weighted by atomic mass is 79.9. The van der Waals surface area contributed by atoms with Crippen LogP contribution in [-0.2, 0) is 4.79 Å². The lowest BCUT2D eigenvalue weighted by Crippen LogP contribution is -2.20. The Morgan fingerprint density at radius 1 is 1.50 bits per heavy atom. The zero-order valence-electron chi connectivity index (χ0n) is 11.3. The molecule has 0 radical (unpaired) electrons. The van der Waals surface area contributed by atoms with E-state index in [2.05, 4.69) is 41.5 Å². The molecule has 1 heterocycles. The van der Waals surface area contributed by atoms with Crippen molar-refractivity contribution in [2.24, 2.45) is 0 Å². The molecule has 116 valence electrons. The van der Waals surface area contributed by atoms with E-state index in [1.807, 2.05) is 0 Å². The van der Waals surface area contributed by atoms with Crippen molar-refractivity contribution in [1.29, 1.82) is 5.41 Å². The van der Waals surface area contributed by atoms with Crippen LogP contribution in [0.15, 0.2) is 32.3 Å². The monoisotopic (exact) mass is 387 g/mol. The molecular weight excluding hydrogens is 377 g/mol. The molecule has 7 nitrogen and oxygen atoms in total. The van der Waals surface area contributed by atoms with Gasteiger partial charge in [0, 0.05) is 12.7 Å². The second-order valence-corrected chi connectivity index (χ2v) is 5.83. The average molecular weight is 388 g/mol. The second kappa shape index (κ2) is 7.36. The lowest BCUT2D eigenvalue weighted by Gasteiger charge is -2.07. The zero-order valence-corrected chi connectivity index (χ0v) is 13.7. The van der Waals surface area contributed by atoms with Gasteiger partial charge in [-0.05, 0) is 44.4 Å². The number of benzene rings is 1. The predicted octanol–water partition coefficient (Wildman–Crippen LogP) is 2.25. The number of nitrogens with zero attached hydrogens (tertiary/aromatic N) is 2. The highest BCUT2D eigenvalue weighted by Gasteiger charge is 2.17. The summed E-state index contributed by atoms with van der Waals surface area (Å²) in [6.07, 6.45) is 0. The first-order valence-corrected chi connectivity index (χ1v) is 7.76. The molecule has 3 N–H and O–H groups in total. The van der Waals surface area contributed by atoms with E-state index in [-0.39, 0.29) is 27.7 Å². The molecule has 0 unspecified atom stereocenters. The highest BCUT2D eigenvalue weighted by molar-refractivity contribution is 9.10. The Balaban J connectivity index is 2.08. The SMILES string of the molecule is CNC(=O)CSc1nonc1C(=N)Nc1ccc(F)c(Br)c1. The molecule has 2 rings (SSSR count). The molecule has 22 heavy (non-hydrogen) atoms. The van der Waals surface area contributed by atoms with Gasteiger partial charge in [0.1, 0.15) is 5.82 Å². The van der Waals surface area contributed by atoms with E-state index in [0.717, 1.165) is 11.8 Å². The summed E-state index contributed by atoms with van der Waals surface area (Å²) in [5, 5.41) is 20.9. The van der Waals surface area contributed by atoms with E-state index in [0.29, 0.717) is 10.7 Å². The molecule has 0 spiro atoms. The molecule has 0 aliphatic carbocycles. The minimum atomic E-state index is -0.401. The number of hydrogen-bond donors (Lipinski definition) is 3. The van der Waals surface area contributed by atoms with Crippen LogP contribution in [-0.4, -0.2) is 34.9 Å². The maximum absolute atomic E-state index is 13.2. The van der Waals surface area contributed by atoms with Crippen molar-refractivity contribution in [3.63, 3.8) is 0 Å². The summed E-state index contributed by atoms with van der Waals surface area (Å²) in [5.74, 6) is -0.519. The molecule has 2 aromatic rings. The minimum Gasteiger partial charge on any atom is -0.358 e. The predicted molar refractivity (Wildman–Crippen MR) is 83.6 cm³/mol. The van der Waals surface area contributed by atoms with Crippen LogP contribution in [0.4, 0.5) is 10.1 Å². The third-order valence-corrected chi connectivity index (χ3v) is 4.06. The van der Waals surface area contributed by atoms with Crippen LogP contribution in [0.1, 0.15) is 5.69 Å². The van der Waals surface area contributed by atoms with E-state index in [9.17, 15) is 9.18 Å². The molecule has 1 aromatic carbocycles. The molecular formula is C12H11BrFN5O2S. The standard InChI is InChI=1S/C12H11BrFN5O2S/c1-16-9(20)5-22-12-10(18-21-19-12)11(15)17-6-2-3-8(14)7(13)4-6/h2-4H,5H2,1H3,(H2,15,17)(H,16,20). The van der Waals surface area contributed by atoms with E-state index in [1.165, 1.54) is 25.2 Å². The first-order chi connectivity index (χ1) is 10.5. The van der Waals surface area contributed by atoms with Gasteiger partial charge in [-0.2, -0.15) is 0 Å². The fourth-order valence-electron chi connectivity index (χ4n) is 1.41. The molecule has 0 saturated carbocycles. The highest BCUT2D eigenvalue weighted by Crippen LogP contribution is 2.22. The summed E-state index contributed by atoms with van der Waals surface area (Å²) in [6.45, 7) is 0. The Kier molecular flexibility index (Phi) is 5.50. The molecule has 0 aliphatic heterocycles. The lowest BCUT2D eigenvalue weighted by atomic mass is 10.3. The van der Waals surface area contributed by atoms with Crippen molar-refractivity contribution in [2.45, 2.75) is 5.03 Å². The van der Waals surface area contributed by atoms with Crippen molar-refractivity contribution in [1.82, 2.24) is 15.6 Å². The normalized spacial score (nSPS) is 10.3. The van der Waals surface area contributed by atoms with Crippen LogP contribution in [0, 0.1) is 11.2 Å². The topological polar surface area (TPSA) is 104 Å². The Hall–Kier alpha value is -1.94. The van der Waals surface area contributed by atoms with Crippen molar-refractivity contribution < 1.29 is 13.8 Å². The van der Waals surface area contributed by atoms with Gasteiger partial charge in [-0.1, -0.05) is 11.8 Å². The van der Waals surface area contributed by atoms with Crippen molar-refractivity contribution in [2.75, 3.05) is 18.1 Å². The van der Waals surface area contributed by atoms with Crippen molar-refractivity contribution in [3.8, 4) is 0 Å². The van der Waals surface area contributed by atoms with E-state index in [1.54, 1.807) is 0 Å². The Bertz CT molecular complexity index is 709. The van der Waals surface area contributed by atoms with Gasteiger partial charge < -0.3 is 10.6 Å². The van der Waals surface area contributed by atoms with Gasteiger partial charge in [0.05, 0.1) is 10.2 Å². The Labute approximate surface area is 137 Å². The van der Waals surface area contributed by atoms with Crippen LogP contribution in [0.2, 0.25) is 0 Å². The van der Waals surface area contributed by atoms with Crippen molar-refractivity contribution in [3.05, 3.63) is 34.2 Å². The summed E-state index contributed by atoms with van der Waals surface area (Å²) in [5.41, 5.74) is 0.679. The molecule has 1 amide bonds. The lowest BCUT2D eigenvalue weighted by molar-refractivity contribution is -0.118. The maximum atomic E-state index is 13.2. The number of aromatic nitrogens is 2. The number of anilines is 1. The number of rotatable bonds is 5. The van der Waals surface area contributed by atoms with Gasteiger partial charge in [-0.15, -0.1) is 0 Å². The number of thioether (sulfide) groups is 1. The molecule has 0 atom stereocenters. The van der Waals surface area contributed by atoms with Crippen LogP contribution in [0.5, 0.6) is 0 Å². The van der Waals surface area contributed by atoms with Gasteiger partial charge in [0.15, 0.2) is 16.6 Å². The molecule has 0 fully saturated rings.